The molecule has 2 fully saturated rings. The van der Waals surface area contributed by atoms with Crippen LogP contribution in [0, 0.1) is 5.92 Å². The fraction of sp³-hybridized carbons (Fsp3) is 0.700. The first-order valence-electron chi connectivity index (χ1n) is 9.88. The molecule has 6 heteroatoms. The third kappa shape index (κ3) is 4.86. The van der Waals surface area contributed by atoms with Crippen LogP contribution in [-0.4, -0.2) is 47.1 Å². The Morgan fingerprint density at radius 3 is 2.62 bits per heavy atom. The van der Waals surface area contributed by atoms with Crippen LogP contribution < -0.4 is 5.32 Å². The molecule has 1 heterocycles. The van der Waals surface area contributed by atoms with Gasteiger partial charge >= 0.3 is 5.97 Å². The lowest BCUT2D eigenvalue weighted by atomic mass is 9.85. The zero-order chi connectivity index (χ0) is 18.7. The van der Waals surface area contributed by atoms with Crippen LogP contribution in [0.25, 0.3) is 0 Å². The van der Waals surface area contributed by atoms with Crippen molar-refractivity contribution in [1.29, 1.82) is 0 Å². The van der Waals surface area contributed by atoms with Gasteiger partial charge in [0.15, 0.2) is 0 Å². The predicted molar refractivity (Wildman–Crippen MR) is 104 cm³/mol. The van der Waals surface area contributed by atoms with Gasteiger partial charge in [0.05, 0.1) is 11.4 Å². The quantitative estimate of drug-likeness (QED) is 0.655. The van der Waals surface area contributed by atoms with Gasteiger partial charge in [-0.2, -0.15) is 0 Å². The molecule has 144 valence electrons. The molecule has 1 amide bonds. The Hall–Kier alpha value is -1.40. The highest BCUT2D eigenvalue weighted by Crippen LogP contribution is 2.34. The summed E-state index contributed by atoms with van der Waals surface area (Å²) in [5, 5.41) is 12.3. The highest BCUT2D eigenvalue weighted by molar-refractivity contribution is 7.14. The number of nitrogens with one attached hydrogen (secondary N) is 1. The van der Waals surface area contributed by atoms with Gasteiger partial charge in [-0.3, -0.25) is 14.5 Å². The van der Waals surface area contributed by atoms with Gasteiger partial charge in [0.25, 0.3) is 5.91 Å². The number of carbonyl (C=O) groups excluding carboxylic acids is 1. The Balaban J connectivity index is 1.51. The molecule has 3 rings (SSSR count). The summed E-state index contributed by atoms with van der Waals surface area (Å²) < 4.78 is 0. The first-order valence-corrected chi connectivity index (χ1v) is 10.7. The van der Waals surface area contributed by atoms with Crippen LogP contribution in [0.1, 0.15) is 66.1 Å². The van der Waals surface area contributed by atoms with Crippen LogP contribution in [0.4, 0.5) is 0 Å². The zero-order valence-electron chi connectivity index (χ0n) is 15.8. The normalized spacial score (nSPS) is 22.3. The van der Waals surface area contributed by atoms with Crippen molar-refractivity contribution in [1.82, 2.24) is 10.2 Å². The van der Waals surface area contributed by atoms with Gasteiger partial charge in [-0.25, -0.2) is 0 Å². The smallest absolute Gasteiger partial charge is 0.317 e. The van der Waals surface area contributed by atoms with E-state index in [1.54, 1.807) is 11.3 Å². The number of amides is 1. The number of rotatable bonds is 10. The minimum Gasteiger partial charge on any atom is -0.480 e. The van der Waals surface area contributed by atoms with Crippen LogP contribution in [0.3, 0.4) is 0 Å². The number of aliphatic carboxylic acids is 1. The summed E-state index contributed by atoms with van der Waals surface area (Å²) in [6, 6.07) is 2.51. The average molecular weight is 379 g/mol. The van der Waals surface area contributed by atoms with Crippen molar-refractivity contribution < 1.29 is 14.7 Å². The van der Waals surface area contributed by atoms with E-state index in [0.717, 1.165) is 43.5 Å². The molecule has 0 aliphatic heterocycles. The number of aryl methyl sites for hydroxylation is 2. The minimum atomic E-state index is -0.757. The van der Waals surface area contributed by atoms with Crippen molar-refractivity contribution in [3.05, 3.63) is 21.4 Å². The van der Waals surface area contributed by atoms with Gasteiger partial charge in [0.1, 0.15) is 0 Å². The van der Waals surface area contributed by atoms with Crippen LogP contribution >= 0.6 is 11.3 Å². The maximum atomic E-state index is 12.6. The number of hydrogen-bond acceptors (Lipinski definition) is 4. The molecule has 2 saturated carbocycles. The highest BCUT2D eigenvalue weighted by Gasteiger charge is 2.37. The molecule has 0 aromatic carbocycles. The van der Waals surface area contributed by atoms with E-state index >= 15 is 0 Å². The van der Waals surface area contributed by atoms with Crippen molar-refractivity contribution in [2.24, 2.45) is 5.92 Å². The van der Waals surface area contributed by atoms with Gasteiger partial charge < -0.3 is 10.4 Å². The monoisotopic (exact) mass is 378 g/mol. The average Bonchev–Trinajstić information content (AvgIpc) is 3.27. The lowest BCUT2D eigenvalue weighted by molar-refractivity contribution is -0.139. The Kier molecular flexibility index (Phi) is 6.35. The van der Waals surface area contributed by atoms with Gasteiger partial charge in [0, 0.05) is 23.5 Å². The molecule has 2 N–H and O–H groups in total. The highest BCUT2D eigenvalue weighted by atomic mass is 32.1. The number of thiophene rings is 1. The number of nitrogens with zero attached hydrogens (tertiary/aromatic N) is 1. The summed E-state index contributed by atoms with van der Waals surface area (Å²) in [5.41, 5.74) is 1.30. The maximum absolute atomic E-state index is 12.6. The number of carbonyl (C=O) groups is 2. The SMILES string of the molecule is CCCc1sc(C(=O)NC2CC(N(CC(=O)O)CC3CC3)C2)cc1CC. The second-order valence-corrected chi connectivity index (χ2v) is 8.86. The fourth-order valence-corrected chi connectivity index (χ4v) is 4.98. The van der Waals surface area contributed by atoms with E-state index in [2.05, 4.69) is 24.1 Å². The summed E-state index contributed by atoms with van der Waals surface area (Å²) in [4.78, 5) is 27.9. The van der Waals surface area contributed by atoms with Gasteiger partial charge in [-0.1, -0.05) is 20.3 Å². The molecule has 0 radical (unpaired) electrons. The van der Waals surface area contributed by atoms with Gasteiger partial charge in [-0.05, 0) is 56.1 Å². The van der Waals surface area contributed by atoms with Crippen LogP contribution in [-0.2, 0) is 17.6 Å². The largest absolute Gasteiger partial charge is 0.480 e. The number of carboxylic acids is 1. The topological polar surface area (TPSA) is 69.6 Å². The summed E-state index contributed by atoms with van der Waals surface area (Å²) in [6.45, 7) is 5.31. The van der Waals surface area contributed by atoms with Crippen molar-refractivity contribution in [3.8, 4) is 0 Å². The molecule has 0 spiro atoms. The van der Waals surface area contributed by atoms with Gasteiger partial charge in [0.2, 0.25) is 0 Å². The third-order valence-electron chi connectivity index (χ3n) is 5.47. The Bertz CT molecular complexity index is 647. The minimum absolute atomic E-state index is 0.0301. The molecular weight excluding hydrogens is 348 g/mol. The lowest BCUT2D eigenvalue weighted by Gasteiger charge is -2.42. The van der Waals surface area contributed by atoms with E-state index in [9.17, 15) is 9.59 Å². The van der Waals surface area contributed by atoms with Crippen molar-refractivity contribution in [3.63, 3.8) is 0 Å². The molecule has 5 nitrogen and oxygen atoms in total. The third-order valence-corrected chi connectivity index (χ3v) is 6.71. The van der Waals surface area contributed by atoms with Crippen molar-refractivity contribution >= 4 is 23.2 Å². The Labute approximate surface area is 159 Å². The summed E-state index contributed by atoms with van der Waals surface area (Å²) in [7, 11) is 0. The van der Waals surface area contributed by atoms with Gasteiger partial charge in [-0.15, -0.1) is 11.3 Å². The summed E-state index contributed by atoms with van der Waals surface area (Å²) >= 11 is 1.63. The van der Waals surface area contributed by atoms with E-state index < -0.39 is 5.97 Å². The van der Waals surface area contributed by atoms with E-state index in [1.807, 2.05) is 6.07 Å². The number of carboxylic acid groups (broad SMARTS) is 1. The molecular formula is C20H30N2O3S. The maximum Gasteiger partial charge on any atom is 0.317 e. The molecule has 0 saturated heterocycles. The van der Waals surface area contributed by atoms with E-state index in [4.69, 9.17) is 5.11 Å². The van der Waals surface area contributed by atoms with Crippen LogP contribution in [0.15, 0.2) is 6.07 Å². The Morgan fingerprint density at radius 2 is 2.04 bits per heavy atom. The fourth-order valence-electron chi connectivity index (χ4n) is 3.73. The summed E-state index contributed by atoms with van der Waals surface area (Å²) in [6.07, 6.45) is 7.27. The second-order valence-electron chi connectivity index (χ2n) is 7.72. The first-order chi connectivity index (χ1) is 12.5. The molecule has 1 aromatic rings. The van der Waals surface area contributed by atoms with Crippen LogP contribution in [0.2, 0.25) is 0 Å². The van der Waals surface area contributed by atoms with E-state index in [1.165, 1.54) is 23.3 Å². The zero-order valence-corrected chi connectivity index (χ0v) is 16.6. The Morgan fingerprint density at radius 1 is 1.31 bits per heavy atom. The molecule has 2 aliphatic carbocycles. The van der Waals surface area contributed by atoms with E-state index in [0.29, 0.717) is 12.0 Å². The number of hydrogen-bond donors (Lipinski definition) is 2. The molecule has 0 bridgehead atoms. The van der Waals surface area contributed by atoms with Crippen molar-refractivity contribution in [2.75, 3.05) is 13.1 Å². The standard InChI is InChI=1S/C20H30N2O3S/c1-3-5-17-14(4-2)8-18(26-17)20(25)21-15-9-16(10-15)22(12-19(23)24)11-13-6-7-13/h8,13,15-16H,3-7,9-12H2,1-2H3,(H,21,25)(H,23,24). The molecule has 26 heavy (non-hydrogen) atoms. The van der Waals surface area contributed by atoms with Crippen LogP contribution in [0.5, 0.6) is 0 Å². The molecule has 0 atom stereocenters. The molecule has 0 unspecified atom stereocenters. The molecule has 2 aliphatic rings. The van der Waals surface area contributed by atoms with E-state index in [-0.39, 0.29) is 18.5 Å². The predicted octanol–water partition coefficient (Wildman–Crippen LogP) is 3.32. The summed E-state index contributed by atoms with van der Waals surface area (Å²) in [5.74, 6) is -0.0479. The van der Waals surface area contributed by atoms with Crippen molar-refractivity contribution in [2.45, 2.75) is 70.9 Å². The molecule has 1 aromatic heterocycles. The first kappa shape index (κ1) is 19.4. The lowest BCUT2D eigenvalue weighted by Crippen LogP contribution is -2.55. The second kappa shape index (κ2) is 8.53.